The quantitative estimate of drug-likeness (QED) is 0.604. The molecule has 3 atom stereocenters. The topological polar surface area (TPSA) is 66.8 Å². The number of carbonyl (C=O) groups is 1. The van der Waals surface area contributed by atoms with Crippen LogP contribution in [0.1, 0.15) is 81.8 Å². The van der Waals surface area contributed by atoms with E-state index in [1.807, 2.05) is 6.07 Å². The second kappa shape index (κ2) is 8.79. The first-order valence-electron chi connectivity index (χ1n) is 10.1. The third kappa shape index (κ3) is 4.16. The standard InChI is InChI=1S/C22H34O4/c1-6-8-9-10-15-11-19-18(21(23)20(15)22(24)25)12-17(14(5)26-19)16(7-2)13(3)4/h11,13-14,16-17,23H,6-10,12H2,1-5H3,(H,24,25). The third-order valence-corrected chi connectivity index (χ3v) is 5.94. The number of fused-ring (bicyclic) bond motifs is 1. The van der Waals surface area contributed by atoms with E-state index in [1.54, 1.807) is 0 Å². The Morgan fingerprint density at radius 3 is 2.54 bits per heavy atom. The van der Waals surface area contributed by atoms with Gasteiger partial charge in [0, 0.05) is 11.5 Å². The molecule has 0 aliphatic carbocycles. The summed E-state index contributed by atoms with van der Waals surface area (Å²) in [6.07, 6.45) is 5.47. The van der Waals surface area contributed by atoms with Gasteiger partial charge in [-0.3, -0.25) is 0 Å². The Bertz CT molecular complexity index is 636. The van der Waals surface area contributed by atoms with Crippen molar-refractivity contribution in [2.45, 2.75) is 79.2 Å². The maximum absolute atomic E-state index is 11.8. The first-order chi connectivity index (χ1) is 12.3. The van der Waals surface area contributed by atoms with Gasteiger partial charge in [-0.2, -0.15) is 0 Å². The van der Waals surface area contributed by atoms with Crippen molar-refractivity contribution in [1.82, 2.24) is 0 Å². The summed E-state index contributed by atoms with van der Waals surface area (Å²) in [6.45, 7) is 10.8. The molecule has 0 fully saturated rings. The lowest BCUT2D eigenvalue weighted by Crippen LogP contribution is -2.37. The van der Waals surface area contributed by atoms with Crippen LogP contribution >= 0.6 is 0 Å². The summed E-state index contributed by atoms with van der Waals surface area (Å²) < 4.78 is 6.19. The lowest BCUT2D eigenvalue weighted by atomic mass is 9.74. The van der Waals surface area contributed by atoms with Crippen molar-refractivity contribution >= 4 is 5.97 Å². The first-order valence-corrected chi connectivity index (χ1v) is 10.1. The summed E-state index contributed by atoms with van der Waals surface area (Å²) in [5.74, 6) is 0.814. The van der Waals surface area contributed by atoms with Crippen molar-refractivity contribution in [1.29, 1.82) is 0 Å². The van der Waals surface area contributed by atoms with Crippen molar-refractivity contribution in [3.05, 3.63) is 22.8 Å². The summed E-state index contributed by atoms with van der Waals surface area (Å²) in [7, 11) is 0. The molecule has 1 aromatic rings. The summed E-state index contributed by atoms with van der Waals surface area (Å²) in [5.41, 5.74) is 1.42. The zero-order valence-electron chi connectivity index (χ0n) is 16.8. The number of unbranched alkanes of at least 4 members (excludes halogenated alkanes) is 2. The van der Waals surface area contributed by atoms with E-state index < -0.39 is 5.97 Å². The number of carboxylic acid groups (broad SMARTS) is 1. The molecule has 0 spiro atoms. The van der Waals surface area contributed by atoms with E-state index in [0.717, 1.165) is 25.7 Å². The SMILES string of the molecule is CCCCCc1cc2c(c(O)c1C(=O)O)CC(C(CC)C(C)C)C(C)O2. The van der Waals surface area contributed by atoms with Crippen LogP contribution in [0.3, 0.4) is 0 Å². The summed E-state index contributed by atoms with van der Waals surface area (Å²) >= 11 is 0. The van der Waals surface area contributed by atoms with Crippen LogP contribution in [0.2, 0.25) is 0 Å². The van der Waals surface area contributed by atoms with Crippen LogP contribution in [-0.2, 0) is 12.8 Å². The minimum atomic E-state index is -1.05. The Kier molecular flexibility index (Phi) is 6.96. The molecular formula is C22H34O4. The number of aryl methyl sites for hydroxylation is 1. The predicted octanol–water partition coefficient (Wildman–Crippen LogP) is 5.44. The number of ether oxygens (including phenoxy) is 1. The highest BCUT2D eigenvalue weighted by Gasteiger charge is 2.36. The second-order valence-electron chi connectivity index (χ2n) is 8.01. The van der Waals surface area contributed by atoms with Gasteiger partial charge in [-0.05, 0) is 49.7 Å². The van der Waals surface area contributed by atoms with Crippen LogP contribution in [0.4, 0.5) is 0 Å². The normalized spacial score (nSPS) is 20.5. The van der Waals surface area contributed by atoms with Gasteiger partial charge in [-0.25, -0.2) is 4.79 Å². The molecule has 0 saturated heterocycles. The molecule has 2 N–H and O–H groups in total. The van der Waals surface area contributed by atoms with Crippen molar-refractivity contribution in [2.24, 2.45) is 17.8 Å². The number of carboxylic acids is 1. The number of hydrogen-bond acceptors (Lipinski definition) is 3. The second-order valence-corrected chi connectivity index (χ2v) is 8.01. The van der Waals surface area contributed by atoms with Gasteiger partial charge in [-0.1, -0.05) is 47.0 Å². The molecule has 2 rings (SSSR count). The highest BCUT2D eigenvalue weighted by atomic mass is 16.5. The van der Waals surface area contributed by atoms with Crippen molar-refractivity contribution in [2.75, 3.05) is 0 Å². The molecule has 0 bridgehead atoms. The molecule has 0 radical (unpaired) electrons. The number of aromatic carboxylic acids is 1. The van der Waals surface area contributed by atoms with Gasteiger partial charge in [0.05, 0.1) is 6.10 Å². The number of aromatic hydroxyl groups is 1. The Hall–Kier alpha value is -1.71. The average molecular weight is 363 g/mol. The van der Waals surface area contributed by atoms with E-state index in [0.29, 0.717) is 41.6 Å². The Morgan fingerprint density at radius 1 is 1.31 bits per heavy atom. The van der Waals surface area contributed by atoms with Crippen molar-refractivity contribution in [3.8, 4) is 11.5 Å². The molecule has 146 valence electrons. The minimum Gasteiger partial charge on any atom is -0.507 e. The monoisotopic (exact) mass is 362 g/mol. The number of phenols is 1. The molecule has 0 amide bonds. The van der Waals surface area contributed by atoms with Gasteiger partial charge in [-0.15, -0.1) is 0 Å². The molecule has 26 heavy (non-hydrogen) atoms. The smallest absolute Gasteiger partial charge is 0.339 e. The van der Waals surface area contributed by atoms with E-state index >= 15 is 0 Å². The number of hydrogen-bond donors (Lipinski definition) is 2. The molecule has 1 aromatic carbocycles. The van der Waals surface area contributed by atoms with Gasteiger partial charge in [0.1, 0.15) is 17.1 Å². The van der Waals surface area contributed by atoms with Crippen LogP contribution in [0, 0.1) is 17.8 Å². The fourth-order valence-electron chi connectivity index (χ4n) is 4.50. The van der Waals surface area contributed by atoms with Gasteiger partial charge in [0.15, 0.2) is 0 Å². The maximum Gasteiger partial charge on any atom is 0.339 e. The van der Waals surface area contributed by atoms with E-state index in [9.17, 15) is 15.0 Å². The van der Waals surface area contributed by atoms with Crippen LogP contribution in [0.15, 0.2) is 6.07 Å². The van der Waals surface area contributed by atoms with E-state index in [4.69, 9.17) is 4.74 Å². The minimum absolute atomic E-state index is 0.0634. The fourth-order valence-corrected chi connectivity index (χ4v) is 4.50. The summed E-state index contributed by atoms with van der Waals surface area (Å²) in [4.78, 5) is 11.8. The molecule has 4 nitrogen and oxygen atoms in total. The molecule has 0 aromatic heterocycles. The van der Waals surface area contributed by atoms with Crippen LogP contribution in [0.25, 0.3) is 0 Å². The van der Waals surface area contributed by atoms with E-state index in [1.165, 1.54) is 0 Å². The van der Waals surface area contributed by atoms with Gasteiger partial charge < -0.3 is 14.9 Å². The van der Waals surface area contributed by atoms with E-state index in [-0.39, 0.29) is 23.3 Å². The summed E-state index contributed by atoms with van der Waals surface area (Å²) in [6, 6.07) is 1.86. The average Bonchev–Trinajstić information content (AvgIpc) is 2.56. The summed E-state index contributed by atoms with van der Waals surface area (Å²) in [5, 5.41) is 20.4. The Morgan fingerprint density at radius 2 is 2.00 bits per heavy atom. The number of benzene rings is 1. The van der Waals surface area contributed by atoms with Crippen molar-refractivity contribution in [3.63, 3.8) is 0 Å². The van der Waals surface area contributed by atoms with Crippen LogP contribution < -0.4 is 4.74 Å². The molecule has 4 heteroatoms. The molecule has 3 unspecified atom stereocenters. The Labute approximate surface area is 157 Å². The Balaban J connectivity index is 2.43. The van der Waals surface area contributed by atoms with Crippen molar-refractivity contribution < 1.29 is 19.7 Å². The zero-order chi connectivity index (χ0) is 19.4. The fraction of sp³-hybridized carbons (Fsp3) is 0.682. The lowest BCUT2D eigenvalue weighted by Gasteiger charge is -2.38. The van der Waals surface area contributed by atoms with Gasteiger partial charge >= 0.3 is 5.97 Å². The molecule has 1 aliphatic rings. The predicted molar refractivity (Wildman–Crippen MR) is 104 cm³/mol. The number of rotatable bonds is 8. The van der Waals surface area contributed by atoms with Gasteiger partial charge in [0.25, 0.3) is 0 Å². The zero-order valence-corrected chi connectivity index (χ0v) is 16.8. The molecule has 1 heterocycles. The largest absolute Gasteiger partial charge is 0.507 e. The lowest BCUT2D eigenvalue weighted by molar-refractivity contribution is 0.0660. The first kappa shape index (κ1) is 20.6. The van der Waals surface area contributed by atoms with Crippen LogP contribution in [0.5, 0.6) is 11.5 Å². The highest BCUT2D eigenvalue weighted by Crippen LogP contribution is 2.44. The van der Waals surface area contributed by atoms with E-state index in [2.05, 4.69) is 34.6 Å². The van der Waals surface area contributed by atoms with Crippen LogP contribution in [-0.4, -0.2) is 22.3 Å². The molecule has 0 saturated carbocycles. The van der Waals surface area contributed by atoms with Gasteiger partial charge in [0.2, 0.25) is 0 Å². The highest BCUT2D eigenvalue weighted by molar-refractivity contribution is 5.93. The third-order valence-electron chi connectivity index (χ3n) is 5.94. The molecule has 1 aliphatic heterocycles. The maximum atomic E-state index is 11.8. The molecular weight excluding hydrogens is 328 g/mol.